The number of hydrogen-bond donors (Lipinski definition) is 1. The monoisotopic (exact) mass is 242 g/mol. The number of nitrogens with zero attached hydrogens (tertiary/aromatic N) is 1. The SMILES string of the molecule is CC1CCC(CNCCOCCN(C)C)CC1. The van der Waals surface area contributed by atoms with Gasteiger partial charge in [-0.1, -0.05) is 19.8 Å². The van der Waals surface area contributed by atoms with Gasteiger partial charge in [-0.15, -0.1) is 0 Å². The second-order valence-electron chi connectivity index (χ2n) is 5.75. The maximum Gasteiger partial charge on any atom is 0.0593 e. The molecule has 0 aromatic carbocycles. The van der Waals surface area contributed by atoms with Crippen LogP contribution in [0.1, 0.15) is 32.6 Å². The normalized spacial score (nSPS) is 25.4. The van der Waals surface area contributed by atoms with Crippen molar-refractivity contribution in [3.05, 3.63) is 0 Å². The van der Waals surface area contributed by atoms with E-state index in [-0.39, 0.29) is 0 Å². The summed E-state index contributed by atoms with van der Waals surface area (Å²) >= 11 is 0. The molecule has 0 aromatic heterocycles. The first-order valence-corrected chi connectivity index (χ1v) is 7.11. The van der Waals surface area contributed by atoms with Crippen molar-refractivity contribution in [3.8, 4) is 0 Å². The second-order valence-corrected chi connectivity index (χ2v) is 5.75. The number of nitrogens with one attached hydrogen (secondary N) is 1. The van der Waals surface area contributed by atoms with Crippen molar-refractivity contribution in [3.63, 3.8) is 0 Å². The van der Waals surface area contributed by atoms with Crippen LogP contribution in [0.25, 0.3) is 0 Å². The van der Waals surface area contributed by atoms with Crippen LogP contribution in [-0.4, -0.2) is 51.8 Å². The van der Waals surface area contributed by atoms with E-state index >= 15 is 0 Å². The standard InChI is InChI=1S/C14H30N2O/c1-13-4-6-14(7-5-13)12-15-8-10-17-11-9-16(2)3/h13-15H,4-12H2,1-3H3. The van der Waals surface area contributed by atoms with Crippen LogP contribution in [0.4, 0.5) is 0 Å². The van der Waals surface area contributed by atoms with Gasteiger partial charge in [0.05, 0.1) is 13.2 Å². The Morgan fingerprint density at radius 1 is 1.12 bits per heavy atom. The molecule has 1 N–H and O–H groups in total. The van der Waals surface area contributed by atoms with Gasteiger partial charge in [-0.05, 0) is 45.3 Å². The van der Waals surface area contributed by atoms with Crippen molar-refractivity contribution in [2.45, 2.75) is 32.6 Å². The first-order chi connectivity index (χ1) is 8.18. The van der Waals surface area contributed by atoms with E-state index in [2.05, 4.69) is 31.2 Å². The van der Waals surface area contributed by atoms with Gasteiger partial charge < -0.3 is 15.0 Å². The molecule has 1 rings (SSSR count). The van der Waals surface area contributed by atoms with Crippen molar-refractivity contribution in [1.82, 2.24) is 10.2 Å². The van der Waals surface area contributed by atoms with Gasteiger partial charge in [-0.25, -0.2) is 0 Å². The summed E-state index contributed by atoms with van der Waals surface area (Å²) in [4.78, 5) is 2.15. The summed E-state index contributed by atoms with van der Waals surface area (Å²) in [5.74, 6) is 1.87. The van der Waals surface area contributed by atoms with Crippen molar-refractivity contribution in [2.24, 2.45) is 11.8 Å². The van der Waals surface area contributed by atoms with Crippen molar-refractivity contribution < 1.29 is 4.74 Å². The van der Waals surface area contributed by atoms with E-state index in [1.807, 2.05) is 0 Å². The smallest absolute Gasteiger partial charge is 0.0593 e. The molecule has 0 bridgehead atoms. The fourth-order valence-electron chi connectivity index (χ4n) is 2.33. The summed E-state index contributed by atoms with van der Waals surface area (Å²) in [7, 11) is 4.15. The van der Waals surface area contributed by atoms with Gasteiger partial charge in [0.2, 0.25) is 0 Å². The Labute approximate surface area is 107 Å². The van der Waals surface area contributed by atoms with Gasteiger partial charge in [0.15, 0.2) is 0 Å². The minimum absolute atomic E-state index is 0.843. The van der Waals surface area contributed by atoms with E-state index in [1.165, 1.54) is 32.2 Å². The summed E-state index contributed by atoms with van der Waals surface area (Å²) in [5, 5.41) is 3.52. The summed E-state index contributed by atoms with van der Waals surface area (Å²) in [6, 6.07) is 0. The quantitative estimate of drug-likeness (QED) is 0.659. The first kappa shape index (κ1) is 14.9. The predicted molar refractivity (Wildman–Crippen MR) is 73.4 cm³/mol. The summed E-state index contributed by atoms with van der Waals surface area (Å²) in [6.07, 6.45) is 5.67. The van der Waals surface area contributed by atoms with Crippen LogP contribution < -0.4 is 5.32 Å². The fourth-order valence-corrected chi connectivity index (χ4v) is 2.33. The van der Waals surface area contributed by atoms with Crippen molar-refractivity contribution in [1.29, 1.82) is 0 Å². The summed E-state index contributed by atoms with van der Waals surface area (Å²) < 4.78 is 5.55. The number of hydrogen-bond acceptors (Lipinski definition) is 3. The Morgan fingerprint density at radius 2 is 1.82 bits per heavy atom. The lowest BCUT2D eigenvalue weighted by Gasteiger charge is -2.26. The van der Waals surface area contributed by atoms with Gasteiger partial charge in [0.25, 0.3) is 0 Å². The second kappa shape index (κ2) is 8.90. The lowest BCUT2D eigenvalue weighted by Crippen LogP contribution is -2.29. The highest BCUT2D eigenvalue weighted by Gasteiger charge is 2.17. The van der Waals surface area contributed by atoms with Gasteiger partial charge >= 0.3 is 0 Å². The van der Waals surface area contributed by atoms with Crippen LogP contribution >= 0.6 is 0 Å². The molecule has 0 saturated heterocycles. The predicted octanol–water partition coefficient (Wildman–Crippen LogP) is 1.98. The van der Waals surface area contributed by atoms with Crippen LogP contribution in [0.3, 0.4) is 0 Å². The molecule has 17 heavy (non-hydrogen) atoms. The molecule has 1 aliphatic carbocycles. The van der Waals surface area contributed by atoms with Gasteiger partial charge in [0.1, 0.15) is 0 Å². The molecular formula is C14H30N2O. The molecule has 0 unspecified atom stereocenters. The van der Waals surface area contributed by atoms with Gasteiger partial charge in [0, 0.05) is 13.1 Å². The maximum atomic E-state index is 5.55. The van der Waals surface area contributed by atoms with Crippen LogP contribution in [-0.2, 0) is 4.74 Å². The Balaban J connectivity index is 1.84. The highest BCUT2D eigenvalue weighted by atomic mass is 16.5. The molecule has 102 valence electrons. The highest BCUT2D eigenvalue weighted by Crippen LogP contribution is 2.27. The average Bonchev–Trinajstić information content (AvgIpc) is 2.30. The Hall–Kier alpha value is -0.120. The van der Waals surface area contributed by atoms with E-state index in [9.17, 15) is 0 Å². The van der Waals surface area contributed by atoms with Crippen LogP contribution in [0.15, 0.2) is 0 Å². The largest absolute Gasteiger partial charge is 0.379 e. The molecule has 1 aliphatic rings. The van der Waals surface area contributed by atoms with Gasteiger partial charge in [-0.2, -0.15) is 0 Å². The van der Waals surface area contributed by atoms with E-state index in [0.29, 0.717) is 0 Å². The minimum Gasteiger partial charge on any atom is -0.379 e. The topological polar surface area (TPSA) is 24.5 Å². The third-order valence-corrected chi connectivity index (χ3v) is 3.67. The molecule has 0 amide bonds. The van der Waals surface area contributed by atoms with E-state index in [1.54, 1.807) is 0 Å². The minimum atomic E-state index is 0.843. The van der Waals surface area contributed by atoms with Crippen molar-refractivity contribution in [2.75, 3.05) is 46.9 Å². The van der Waals surface area contributed by atoms with Crippen LogP contribution in [0.5, 0.6) is 0 Å². The molecule has 3 nitrogen and oxygen atoms in total. The maximum absolute atomic E-state index is 5.55. The van der Waals surface area contributed by atoms with E-state index < -0.39 is 0 Å². The molecule has 0 radical (unpaired) electrons. The number of likely N-dealkylation sites (N-methyl/N-ethyl adjacent to an activating group) is 1. The van der Waals surface area contributed by atoms with Crippen molar-refractivity contribution >= 4 is 0 Å². The molecular weight excluding hydrogens is 212 g/mol. The molecule has 0 spiro atoms. The number of rotatable bonds is 8. The molecule has 0 atom stereocenters. The lowest BCUT2D eigenvalue weighted by atomic mass is 9.83. The Morgan fingerprint density at radius 3 is 2.47 bits per heavy atom. The molecule has 0 aromatic rings. The average molecular weight is 242 g/mol. The lowest BCUT2D eigenvalue weighted by molar-refractivity contribution is 0.118. The fraction of sp³-hybridized carbons (Fsp3) is 1.00. The Bertz CT molecular complexity index is 177. The zero-order valence-electron chi connectivity index (χ0n) is 11.9. The Kier molecular flexibility index (Phi) is 7.82. The summed E-state index contributed by atoms with van der Waals surface area (Å²) in [5.41, 5.74) is 0. The van der Waals surface area contributed by atoms with E-state index in [4.69, 9.17) is 4.74 Å². The third kappa shape index (κ3) is 7.74. The third-order valence-electron chi connectivity index (χ3n) is 3.67. The van der Waals surface area contributed by atoms with E-state index in [0.717, 1.165) is 38.1 Å². The van der Waals surface area contributed by atoms with Crippen LogP contribution in [0.2, 0.25) is 0 Å². The zero-order chi connectivity index (χ0) is 12.5. The molecule has 0 aliphatic heterocycles. The molecule has 3 heteroatoms. The van der Waals surface area contributed by atoms with Gasteiger partial charge in [-0.3, -0.25) is 0 Å². The molecule has 0 heterocycles. The first-order valence-electron chi connectivity index (χ1n) is 7.11. The zero-order valence-corrected chi connectivity index (χ0v) is 11.9. The number of ether oxygens (including phenoxy) is 1. The molecule has 1 saturated carbocycles. The highest BCUT2D eigenvalue weighted by molar-refractivity contribution is 4.71. The van der Waals surface area contributed by atoms with Crippen LogP contribution in [0, 0.1) is 11.8 Å². The summed E-state index contributed by atoms with van der Waals surface area (Å²) in [6.45, 7) is 7.26. The molecule has 1 fully saturated rings.